The SMILES string of the molecule is CC(C)C(C)(C)C.CC(C)CC(C)C.CCC(C)(C)CC.CCC(C)(C)CC.CCC(C)C(C)C.CCC(CC)CC.CCCC(C)(C)C.CCCC(C)(C)C.CCCC(C)CC.CCCC(C)CC.CCCCC(C)C.CCC[C@H](C)CC.CC[C@H](C)C(C)C. The van der Waals surface area contributed by atoms with E-state index in [-0.39, 0.29) is 0 Å². The second-order valence-corrected chi connectivity index (χ2v) is 35.7. The van der Waals surface area contributed by atoms with E-state index in [1.54, 1.807) is 0 Å². The number of hydrogen-bond donors (Lipinski definition) is 0. The van der Waals surface area contributed by atoms with E-state index in [1.807, 2.05) is 0 Å². The smallest absolute Gasteiger partial charge is 0.0359 e. The first-order chi connectivity index (χ1) is 41.3. The van der Waals surface area contributed by atoms with Crippen molar-refractivity contribution in [2.75, 3.05) is 0 Å². The van der Waals surface area contributed by atoms with Gasteiger partial charge in [-0.05, 0) is 117 Å². The van der Waals surface area contributed by atoms with Crippen molar-refractivity contribution in [3.8, 4) is 0 Å². The highest BCUT2D eigenvalue weighted by molar-refractivity contribution is 4.65. The van der Waals surface area contributed by atoms with Crippen LogP contribution >= 0.6 is 0 Å². The molecule has 0 aromatic carbocycles. The molecule has 0 aliphatic carbocycles. The summed E-state index contributed by atoms with van der Waals surface area (Å²) in [5, 5.41) is 0. The van der Waals surface area contributed by atoms with Crippen molar-refractivity contribution in [1.29, 1.82) is 0 Å². The molecule has 0 rings (SSSR count). The summed E-state index contributed by atoms with van der Waals surface area (Å²) in [4.78, 5) is 0. The molecule has 0 amide bonds. The van der Waals surface area contributed by atoms with Gasteiger partial charge in [-0.3, -0.25) is 0 Å². The van der Waals surface area contributed by atoms with Crippen LogP contribution in [0.2, 0.25) is 0 Å². The molecule has 0 N–H and O–H groups in total. The summed E-state index contributed by atoms with van der Waals surface area (Å²) in [6, 6.07) is 0. The zero-order valence-corrected chi connectivity index (χ0v) is 75.8. The van der Waals surface area contributed by atoms with Gasteiger partial charge in [0, 0.05) is 0 Å². The Balaban J connectivity index is -0.0000000658. The van der Waals surface area contributed by atoms with Crippen molar-refractivity contribution in [2.45, 2.75) is 499 Å². The van der Waals surface area contributed by atoms with Crippen LogP contribution in [0.1, 0.15) is 499 Å². The standard InChI is InChI=1S/13C7H16/c1-6(2)7(3,4)5;1-6(2)5-7(3)4;2*1-5-6-7(2,3)4;2*1-5-7(3,4)6-2;2*1-5-7(4)6(2)3;1-4-5-6-7(2)3;3*1-4-6-7(3)5-2;1-4-7(5-2)6-3/h6H,1-5H3;6-7H,5H2,1-4H3;4*5-6H2,1-4H3;2*6-7H,5H2,1-4H3;5*7H,4-6H2,1-3H3/t;;;;;;7-;;;7-;;;/m......0..1.../s1. The lowest BCUT2D eigenvalue weighted by Crippen LogP contribution is -2.12. The van der Waals surface area contributed by atoms with Gasteiger partial charge in [0.1, 0.15) is 0 Å². The Morgan fingerprint density at radius 3 is 0.505 bits per heavy atom. The van der Waals surface area contributed by atoms with Crippen LogP contribution in [0.15, 0.2) is 0 Å². The van der Waals surface area contributed by atoms with Gasteiger partial charge in [-0.25, -0.2) is 0 Å². The Labute approximate surface area is 594 Å². The van der Waals surface area contributed by atoms with Crippen LogP contribution in [0, 0.1) is 98.1 Å². The molecule has 0 spiro atoms. The van der Waals surface area contributed by atoms with Crippen molar-refractivity contribution in [2.24, 2.45) is 98.1 Å². The second-order valence-electron chi connectivity index (χ2n) is 35.7. The maximum atomic E-state index is 2.31. The highest BCUT2D eigenvalue weighted by Crippen LogP contribution is 2.25. The molecule has 0 aromatic rings. The van der Waals surface area contributed by atoms with E-state index < -0.39 is 0 Å². The summed E-state index contributed by atoms with van der Waals surface area (Å²) >= 11 is 0. The molecular weight excluding hydrogens is 1090 g/mol. The third kappa shape index (κ3) is 155. The van der Waals surface area contributed by atoms with Crippen molar-refractivity contribution in [3.63, 3.8) is 0 Å². The van der Waals surface area contributed by atoms with Gasteiger partial charge in [0.05, 0.1) is 0 Å². The molecular formula is C91H208. The van der Waals surface area contributed by atoms with E-state index in [2.05, 4.69) is 332 Å². The normalized spacial score (nSPS) is 12.7. The van der Waals surface area contributed by atoms with Gasteiger partial charge in [-0.2, -0.15) is 0 Å². The van der Waals surface area contributed by atoms with Crippen LogP contribution in [-0.2, 0) is 0 Å². The first-order valence-corrected chi connectivity index (χ1v) is 41.3. The topological polar surface area (TPSA) is 0 Å². The lowest BCUT2D eigenvalue weighted by atomic mass is 9.84. The average Bonchev–Trinajstić information content (AvgIpc) is 3.68. The Kier molecular flexibility index (Phi) is 112. The largest absolute Gasteiger partial charge is 0.0654 e. The molecule has 0 fully saturated rings. The lowest BCUT2D eigenvalue weighted by Gasteiger charge is -2.22. The summed E-state index contributed by atoms with van der Waals surface area (Å²) in [5.74, 6) is 10.8. The van der Waals surface area contributed by atoms with Crippen LogP contribution in [0.4, 0.5) is 0 Å². The number of hydrogen-bond acceptors (Lipinski definition) is 0. The Hall–Kier alpha value is 0. The molecule has 3 unspecified atom stereocenters. The molecule has 0 aliphatic heterocycles. The molecule has 0 saturated heterocycles. The summed E-state index contributed by atoms with van der Waals surface area (Å²) in [6.45, 7) is 109. The van der Waals surface area contributed by atoms with Gasteiger partial charge in [0.15, 0.2) is 0 Å². The number of rotatable bonds is 27. The molecule has 5 atom stereocenters. The van der Waals surface area contributed by atoms with Crippen LogP contribution < -0.4 is 0 Å². The van der Waals surface area contributed by atoms with E-state index >= 15 is 0 Å². The summed E-state index contributed by atoms with van der Waals surface area (Å²) < 4.78 is 0. The molecule has 0 heteroatoms. The average molecular weight is 1300 g/mol. The van der Waals surface area contributed by atoms with E-state index in [0.717, 1.165) is 71.0 Å². The minimum atomic E-state index is 0.500. The van der Waals surface area contributed by atoms with Crippen LogP contribution in [-0.4, -0.2) is 0 Å². The summed E-state index contributed by atoms with van der Waals surface area (Å²) in [7, 11) is 0. The predicted molar refractivity (Wildman–Crippen MR) is 446 cm³/mol. The predicted octanol–water partition coefficient (Wildman–Crippen LogP) is 36.2. The fourth-order valence-electron chi connectivity index (χ4n) is 7.45. The first kappa shape index (κ1) is 121. The lowest BCUT2D eigenvalue weighted by molar-refractivity contribution is 0.283. The van der Waals surface area contributed by atoms with Crippen molar-refractivity contribution in [1.82, 2.24) is 0 Å². The van der Waals surface area contributed by atoms with Crippen molar-refractivity contribution < 1.29 is 0 Å². The van der Waals surface area contributed by atoms with Gasteiger partial charge >= 0.3 is 0 Å². The van der Waals surface area contributed by atoms with Gasteiger partial charge in [-0.1, -0.05) is 480 Å². The van der Waals surface area contributed by atoms with Crippen molar-refractivity contribution in [3.05, 3.63) is 0 Å². The zero-order valence-electron chi connectivity index (χ0n) is 75.8. The quantitative estimate of drug-likeness (QED) is 0.0769. The Morgan fingerprint density at radius 1 is 0.253 bits per heavy atom. The third-order valence-corrected chi connectivity index (χ3v) is 19.4. The molecule has 0 heterocycles. The summed E-state index contributed by atoms with van der Waals surface area (Å²) in [6.07, 6.45) is 34.9. The molecule has 0 aliphatic rings. The molecule has 0 radical (unpaired) electrons. The summed E-state index contributed by atoms with van der Waals surface area (Å²) in [5.41, 5.74) is 2.77. The first-order valence-electron chi connectivity index (χ1n) is 41.3. The maximum absolute atomic E-state index is 2.31. The van der Waals surface area contributed by atoms with Gasteiger partial charge in [0.25, 0.3) is 0 Å². The second kappa shape index (κ2) is 84.2. The van der Waals surface area contributed by atoms with Crippen molar-refractivity contribution >= 4 is 0 Å². The Bertz CT molecular complexity index is 1040. The maximum Gasteiger partial charge on any atom is -0.0359 e. The monoisotopic (exact) mass is 1300 g/mol. The Morgan fingerprint density at radius 2 is 0.484 bits per heavy atom. The fourth-order valence-corrected chi connectivity index (χ4v) is 7.45. The molecule has 0 bridgehead atoms. The molecule has 91 heavy (non-hydrogen) atoms. The molecule has 0 saturated carbocycles. The minimum absolute atomic E-state index is 0.500. The highest BCUT2D eigenvalue weighted by Gasteiger charge is 2.14. The van der Waals surface area contributed by atoms with Gasteiger partial charge in [-0.15, -0.1) is 0 Å². The fraction of sp³-hybridized carbons (Fsp3) is 1.00. The molecule has 572 valence electrons. The van der Waals surface area contributed by atoms with E-state index in [1.165, 1.54) is 167 Å². The third-order valence-electron chi connectivity index (χ3n) is 19.4. The van der Waals surface area contributed by atoms with Crippen LogP contribution in [0.5, 0.6) is 0 Å². The van der Waals surface area contributed by atoms with E-state index in [0.29, 0.717) is 27.1 Å². The highest BCUT2D eigenvalue weighted by atomic mass is 14.2. The zero-order chi connectivity index (χ0) is 75.8. The number of unbranched alkanes of at least 4 members (excludes halogenated alkanes) is 1. The van der Waals surface area contributed by atoms with E-state index in [9.17, 15) is 0 Å². The molecule has 0 nitrogen and oxygen atoms in total. The van der Waals surface area contributed by atoms with Crippen LogP contribution in [0.3, 0.4) is 0 Å². The van der Waals surface area contributed by atoms with E-state index in [4.69, 9.17) is 0 Å². The van der Waals surface area contributed by atoms with Gasteiger partial charge < -0.3 is 0 Å². The molecule has 0 aromatic heterocycles. The minimum Gasteiger partial charge on any atom is -0.0654 e. The van der Waals surface area contributed by atoms with Gasteiger partial charge in [0.2, 0.25) is 0 Å². The van der Waals surface area contributed by atoms with Crippen LogP contribution in [0.25, 0.3) is 0 Å².